The highest BCUT2D eigenvalue weighted by Crippen LogP contribution is 2.37. The van der Waals surface area contributed by atoms with Crippen LogP contribution in [0.15, 0.2) is 43.8 Å². The van der Waals surface area contributed by atoms with Gasteiger partial charge in [-0.3, -0.25) is 43.0 Å². The zero-order valence-electron chi connectivity index (χ0n) is 31.2. The van der Waals surface area contributed by atoms with Gasteiger partial charge in [0, 0.05) is 79.8 Å². The average Bonchev–Trinajstić information content (AvgIpc) is 3.69. The van der Waals surface area contributed by atoms with Crippen molar-refractivity contribution in [1.29, 1.82) is 0 Å². The van der Waals surface area contributed by atoms with Crippen molar-refractivity contribution in [3.8, 4) is 17.0 Å². The fourth-order valence-corrected chi connectivity index (χ4v) is 8.99. The minimum atomic E-state index is -1.47. The second kappa shape index (κ2) is 17.0. The third-order valence-corrected chi connectivity index (χ3v) is 12.2. The van der Waals surface area contributed by atoms with E-state index in [4.69, 9.17) is 19.2 Å². The molecule has 6 heterocycles. The molecule has 57 heavy (non-hydrogen) atoms. The predicted octanol–water partition coefficient (Wildman–Crippen LogP) is -2.75. The summed E-state index contributed by atoms with van der Waals surface area (Å²) in [5.41, 5.74) is -1.38. The van der Waals surface area contributed by atoms with Crippen LogP contribution in [0.25, 0.3) is 32.7 Å². The van der Waals surface area contributed by atoms with Crippen molar-refractivity contribution >= 4 is 33.3 Å². The maximum atomic E-state index is 14.4. The largest absolute Gasteiger partial charge is 0.494 e. The fourth-order valence-electron chi connectivity index (χ4n) is 7.88. The molecule has 3 saturated heterocycles. The molecule has 3 aromatic rings. The Morgan fingerprint density at radius 2 is 1.46 bits per heavy atom. The number of ether oxygens (including phenoxy) is 3. The van der Waals surface area contributed by atoms with E-state index in [0.717, 1.165) is 0 Å². The first-order chi connectivity index (χ1) is 27.6. The molecule has 19 nitrogen and oxygen atoms in total. The van der Waals surface area contributed by atoms with Crippen molar-refractivity contribution in [1.82, 2.24) is 33.9 Å². The minimum Gasteiger partial charge on any atom is -0.494 e. The van der Waals surface area contributed by atoms with Gasteiger partial charge in [0.15, 0.2) is 0 Å². The number of aryl methyl sites for hydroxylation is 1. The molecule has 1 aliphatic carbocycles. The number of aliphatic hydroxyl groups excluding tert-OH is 4. The summed E-state index contributed by atoms with van der Waals surface area (Å²) >= 11 is 1.19. The first-order valence-electron chi connectivity index (χ1n) is 19.1. The van der Waals surface area contributed by atoms with Gasteiger partial charge in [-0.1, -0.05) is 5.21 Å². The van der Waals surface area contributed by atoms with Crippen molar-refractivity contribution in [2.24, 2.45) is 4.99 Å². The highest BCUT2D eigenvalue weighted by Gasteiger charge is 2.43. The zero-order valence-corrected chi connectivity index (χ0v) is 32.0. The van der Waals surface area contributed by atoms with Gasteiger partial charge in [0.25, 0.3) is 16.7 Å². The van der Waals surface area contributed by atoms with Gasteiger partial charge in [0.2, 0.25) is 5.88 Å². The summed E-state index contributed by atoms with van der Waals surface area (Å²) in [6.07, 6.45) is -3.60. The molecular weight excluding hydrogens is 765 g/mol. The molecule has 5 atom stereocenters. The third kappa shape index (κ3) is 7.78. The molecule has 0 spiro atoms. The number of nitrogens with zero attached hydrogens (tertiary/aromatic N) is 8. The number of benzene rings is 2. The Morgan fingerprint density at radius 1 is 0.789 bits per heavy atom. The van der Waals surface area contributed by atoms with Crippen molar-refractivity contribution in [3.63, 3.8) is 0 Å². The Morgan fingerprint density at radius 3 is 2.14 bits per heavy atom. The lowest BCUT2D eigenvalue weighted by Crippen LogP contribution is -2.57. The first-order valence-corrected chi connectivity index (χ1v) is 20.2. The van der Waals surface area contributed by atoms with Crippen molar-refractivity contribution in [2.45, 2.75) is 56.0 Å². The summed E-state index contributed by atoms with van der Waals surface area (Å²) in [5, 5.41) is 61.4. The molecule has 0 amide bonds. The van der Waals surface area contributed by atoms with E-state index in [9.17, 15) is 39.9 Å². The van der Waals surface area contributed by atoms with Crippen LogP contribution in [-0.4, -0.2) is 167 Å². The minimum absolute atomic E-state index is 0.0164. The van der Waals surface area contributed by atoms with Crippen LogP contribution in [-0.2, 0) is 40.4 Å². The molecule has 0 radical (unpaired) electrons. The van der Waals surface area contributed by atoms with Crippen LogP contribution in [0.3, 0.4) is 0 Å². The maximum absolute atomic E-state index is 14.4. The van der Waals surface area contributed by atoms with Gasteiger partial charge in [0.05, 0.1) is 68.6 Å². The molecule has 1 aromatic carbocycles. The molecule has 0 bridgehead atoms. The van der Waals surface area contributed by atoms with E-state index in [-0.39, 0.29) is 47.2 Å². The molecule has 4 aliphatic heterocycles. The van der Waals surface area contributed by atoms with E-state index in [2.05, 4.69) is 20.1 Å². The maximum Gasteiger partial charge on any atom is 0.263 e. The van der Waals surface area contributed by atoms with Gasteiger partial charge in [-0.15, -0.1) is 16.9 Å². The number of morpholine rings is 2. The summed E-state index contributed by atoms with van der Waals surface area (Å²) in [5.74, 6) is 0.124. The lowest BCUT2D eigenvalue weighted by molar-refractivity contribution is -0.205. The number of thioether (sulfide) groups is 1. The number of aromatic nitrogens is 5. The second-order valence-electron chi connectivity index (χ2n) is 14.5. The Kier molecular flexibility index (Phi) is 11.9. The quantitative estimate of drug-likeness (QED) is 0.0758. The second-order valence-corrected chi connectivity index (χ2v) is 15.7. The van der Waals surface area contributed by atoms with Gasteiger partial charge >= 0.3 is 0 Å². The number of aliphatic hydroxyl groups is 4. The van der Waals surface area contributed by atoms with Gasteiger partial charge in [0.1, 0.15) is 35.5 Å². The number of hydrogen-bond acceptors (Lipinski definition) is 17. The normalized spacial score (nSPS) is 24.4. The molecule has 306 valence electrons. The average molecular weight is 811 g/mol. The molecular formula is C37H46N8O11S. The third-order valence-electron chi connectivity index (χ3n) is 11.1. The molecule has 20 heteroatoms. The van der Waals surface area contributed by atoms with E-state index in [1.54, 1.807) is 29.1 Å². The van der Waals surface area contributed by atoms with Crippen LogP contribution in [0, 0.1) is 0 Å². The number of hydrogen-bond donors (Lipinski definition) is 5. The zero-order chi connectivity index (χ0) is 39.8. The molecule has 2 aromatic heterocycles. The highest BCUT2D eigenvalue weighted by molar-refractivity contribution is 7.99. The van der Waals surface area contributed by atoms with E-state index < -0.39 is 53.1 Å². The summed E-state index contributed by atoms with van der Waals surface area (Å²) < 4.78 is 20.6. The molecule has 5 aliphatic rings. The van der Waals surface area contributed by atoms with Gasteiger partial charge in [-0.25, -0.2) is 0 Å². The Hall–Kier alpha value is -4.09. The lowest BCUT2D eigenvalue weighted by atomic mass is 9.90. The van der Waals surface area contributed by atoms with E-state index in [0.29, 0.717) is 100 Å². The van der Waals surface area contributed by atoms with E-state index >= 15 is 0 Å². The van der Waals surface area contributed by atoms with Crippen LogP contribution in [0.5, 0.6) is 5.88 Å². The van der Waals surface area contributed by atoms with Gasteiger partial charge in [-0.2, -0.15) is 0 Å². The van der Waals surface area contributed by atoms with E-state index in [1.807, 2.05) is 0 Å². The molecule has 0 unspecified atom stereocenters. The molecule has 8 rings (SSSR count). The Labute approximate surface area is 329 Å². The van der Waals surface area contributed by atoms with Crippen LogP contribution in [0.2, 0.25) is 0 Å². The SMILES string of the molecule is O=c1c2c(=NCc3cn(CCS[C@@H]4O[C@H](CO)[C@H](O)[C@H](O)[C@H]4O)nn3)cc3c(=O)n(CCN4CCOCC4)c(=O)c4ccc(c(O)n1CCN1CCOCC1)c2c4-3. The standard InChI is InChI=1S/C37H46N8O11S/c46-20-26-30(47)31(48)32(49)37(56-26)57-16-11-43-19-21(39-40-43)18-38-25-17-24-27-22(33(50)44(35(24)52)5-3-41-7-12-54-13-8-41)1-2-23-28(27)29(25)36(53)45(34(23)51)6-4-42-9-14-55-15-10-42/h1-2,17,19,26,30-32,37,46-49,51H,3-16,18,20H2/t26-,30+,31+,32-,37+/m1/s1. The van der Waals surface area contributed by atoms with Crippen LogP contribution in [0.4, 0.5) is 0 Å². The molecule has 0 saturated carbocycles. The lowest BCUT2D eigenvalue weighted by Gasteiger charge is -2.39. The van der Waals surface area contributed by atoms with E-state index in [1.165, 1.54) is 20.9 Å². The van der Waals surface area contributed by atoms with Crippen LogP contribution in [0.1, 0.15) is 5.69 Å². The van der Waals surface area contributed by atoms with Crippen molar-refractivity contribution in [2.75, 3.05) is 78.1 Å². The Bertz CT molecular complexity index is 2390. The van der Waals surface area contributed by atoms with Crippen LogP contribution < -0.4 is 22.0 Å². The number of rotatable bonds is 13. The highest BCUT2D eigenvalue weighted by atomic mass is 32.2. The van der Waals surface area contributed by atoms with Crippen LogP contribution >= 0.6 is 11.8 Å². The monoisotopic (exact) mass is 810 g/mol. The predicted molar refractivity (Wildman–Crippen MR) is 207 cm³/mol. The van der Waals surface area contributed by atoms with Gasteiger partial charge < -0.3 is 39.7 Å². The van der Waals surface area contributed by atoms with Crippen molar-refractivity contribution < 1.29 is 39.7 Å². The summed E-state index contributed by atoms with van der Waals surface area (Å²) in [6, 6.07) is 4.79. The number of aromatic hydroxyl groups is 1. The summed E-state index contributed by atoms with van der Waals surface area (Å²) in [7, 11) is 0. The first kappa shape index (κ1) is 39.7. The van der Waals surface area contributed by atoms with Crippen molar-refractivity contribution in [3.05, 3.63) is 66.5 Å². The topological polar surface area (TPSA) is 239 Å². The Balaban J connectivity index is 1.13. The summed E-state index contributed by atoms with van der Waals surface area (Å²) in [4.78, 5) is 51.7. The molecule has 5 N–H and O–H groups in total. The number of pyridine rings is 2. The fraction of sp³-hybridized carbons (Fsp3) is 0.568. The molecule has 3 fully saturated rings. The van der Waals surface area contributed by atoms with Gasteiger partial charge in [-0.05, 0) is 18.2 Å². The summed E-state index contributed by atoms with van der Waals surface area (Å²) in [6.45, 7) is 6.22. The smallest absolute Gasteiger partial charge is 0.263 e.